The Labute approximate surface area is 53.5 Å². The maximum Gasteiger partial charge on any atom is 0.306 e. The molecule has 4 nitrogen and oxygen atoms in total. The summed E-state index contributed by atoms with van der Waals surface area (Å²) in [6.07, 6.45) is 0. The fraction of sp³-hybridized carbons (Fsp3) is 0. The smallest absolute Gasteiger partial charge is 0.306 e. The van der Waals surface area contributed by atoms with Crippen molar-refractivity contribution in [1.82, 2.24) is 0 Å². The molecule has 1 unspecified atom stereocenters. The maximum absolute atomic E-state index is 9.15. The minimum Gasteiger partial charge on any atom is -0.740 e. The van der Waals surface area contributed by atoms with Crippen LogP contribution in [-0.4, -0.2) is 32.6 Å². The number of hydrogen-bond acceptors (Lipinski definition) is 4. The van der Waals surface area contributed by atoms with Crippen molar-refractivity contribution < 1.29 is 17.7 Å². The van der Waals surface area contributed by atoms with Crippen molar-refractivity contribution in [3.63, 3.8) is 0 Å². The number of rotatable bonds is 2. The van der Waals surface area contributed by atoms with E-state index in [2.05, 4.69) is 4.18 Å². The highest BCUT2D eigenvalue weighted by Gasteiger charge is 1.68. The van der Waals surface area contributed by atoms with Gasteiger partial charge in [-0.15, -0.1) is 0 Å². The Morgan fingerprint density at radius 1 is 1.71 bits per heavy atom. The highest BCUT2D eigenvalue weighted by Crippen LogP contribution is 1.65. The zero-order chi connectivity index (χ0) is 4.99. The molecule has 0 aromatic heterocycles. The molecule has 0 fully saturated rings. The van der Waals surface area contributed by atoms with E-state index >= 15 is 0 Å². The molecule has 0 rings (SSSR count). The van der Waals surface area contributed by atoms with Gasteiger partial charge in [0.05, 0.1) is 0 Å². The molecule has 0 saturated carbocycles. The Bertz CT molecular complexity index is 72.1. The lowest BCUT2D eigenvalue weighted by molar-refractivity contribution is -0.120. The van der Waals surface area contributed by atoms with Gasteiger partial charge >= 0.3 is 6.47 Å². The monoisotopic (exact) mass is 139 g/mol. The fourth-order valence-corrected chi connectivity index (χ4v) is 0.0962. The van der Waals surface area contributed by atoms with Crippen molar-refractivity contribution in [2.24, 2.45) is 0 Å². The van der Waals surface area contributed by atoms with Gasteiger partial charge in [0.15, 0.2) is 17.4 Å². The molecule has 6 heteroatoms. The van der Waals surface area contributed by atoms with Gasteiger partial charge in [0.1, 0.15) is 11.4 Å². The molecular weight excluding hydrogens is 135 g/mol. The van der Waals surface area contributed by atoms with E-state index in [-0.39, 0.29) is 23.8 Å². The van der Waals surface area contributed by atoms with Crippen LogP contribution < -0.4 is 0 Å². The summed E-state index contributed by atoms with van der Waals surface area (Å²) in [7, 11) is 0. The summed E-state index contributed by atoms with van der Waals surface area (Å²) < 4.78 is 21.6. The third kappa shape index (κ3) is 10.7. The zero-order valence-corrected chi connectivity index (χ0v) is 3.44. The maximum atomic E-state index is 9.15. The first-order valence-electron chi connectivity index (χ1n) is 0.971. The first-order chi connectivity index (χ1) is 2.77. The molecule has 1 atom stereocenters. The number of carbonyl (C=O) groups excluding carboxylic acids is 1. The summed E-state index contributed by atoms with van der Waals surface area (Å²) in [5, 5.41) is 0. The van der Waals surface area contributed by atoms with Gasteiger partial charge in [-0.1, -0.05) is 0 Å². The third-order valence-corrected chi connectivity index (χ3v) is 0.354. The minimum absolute atomic E-state index is 0. The van der Waals surface area contributed by atoms with Crippen LogP contribution in [0.3, 0.4) is 0 Å². The topological polar surface area (TPSA) is 66.4 Å². The van der Waals surface area contributed by atoms with E-state index in [1.54, 1.807) is 0 Å². The molecule has 0 radical (unpaired) electrons. The summed E-state index contributed by atoms with van der Waals surface area (Å²) in [5.41, 5.74) is 0. The van der Waals surface area contributed by atoms with E-state index < -0.39 is 11.4 Å². The molecule has 0 N–H and O–H groups in total. The molecule has 0 aromatic rings. The van der Waals surface area contributed by atoms with Gasteiger partial charge in [0.2, 0.25) is 0 Å². The van der Waals surface area contributed by atoms with E-state index in [1.165, 1.54) is 0 Å². The van der Waals surface area contributed by atoms with Crippen LogP contribution in [0.5, 0.6) is 0 Å². The molecule has 0 aliphatic carbocycles. The summed E-state index contributed by atoms with van der Waals surface area (Å²) in [6.45, 7) is -0.164. The second-order valence-corrected chi connectivity index (χ2v) is 0.997. The summed E-state index contributed by atoms with van der Waals surface area (Å²) in [4.78, 5) is 9.00. The van der Waals surface area contributed by atoms with Crippen LogP contribution in [0, 0.1) is 0 Å². The summed E-state index contributed by atoms with van der Waals surface area (Å²) in [6, 6.07) is 0. The molecule has 7 heavy (non-hydrogen) atoms. The lowest BCUT2D eigenvalue weighted by Crippen LogP contribution is -1.89. The fourth-order valence-electron chi connectivity index (χ4n) is 0.0321. The van der Waals surface area contributed by atoms with Gasteiger partial charge in [-0.25, -0.2) is 4.21 Å². The Kier molecular flexibility index (Phi) is 8.88. The van der Waals surface area contributed by atoms with Crippen LogP contribution in [0.2, 0.25) is 0 Å². The van der Waals surface area contributed by atoms with Crippen molar-refractivity contribution in [2.75, 3.05) is 0 Å². The van der Waals surface area contributed by atoms with Crippen molar-refractivity contribution in [2.45, 2.75) is 0 Å². The molecule has 0 bridgehead atoms. The quantitative estimate of drug-likeness (QED) is 0.246. The Morgan fingerprint density at radius 2 is 2.14 bits per heavy atom. The average molecular weight is 139 g/mol. The molecule has 0 amide bonds. The van der Waals surface area contributed by atoms with E-state index in [0.29, 0.717) is 0 Å². The van der Waals surface area contributed by atoms with Crippen LogP contribution >= 0.6 is 0 Å². The van der Waals surface area contributed by atoms with E-state index in [1.807, 2.05) is 0 Å². The lowest BCUT2D eigenvalue weighted by Gasteiger charge is -1.94. The molecule has 0 aliphatic heterocycles. The number of carbonyl (C=O) groups is 1. The van der Waals surface area contributed by atoms with Gasteiger partial charge in [-0.2, -0.15) is 0 Å². The van der Waals surface area contributed by atoms with Gasteiger partial charge in [-0.05, 0) is 0 Å². The highest BCUT2D eigenvalue weighted by atomic mass is 32.2. The molecular formula is CH4AlO4S-. The van der Waals surface area contributed by atoms with E-state index in [4.69, 9.17) is 13.6 Å². The highest BCUT2D eigenvalue weighted by molar-refractivity contribution is 7.74. The van der Waals surface area contributed by atoms with Gasteiger partial charge < -0.3 is 8.74 Å². The Morgan fingerprint density at radius 3 is 2.14 bits per heavy atom. The van der Waals surface area contributed by atoms with Crippen LogP contribution in [0.15, 0.2) is 0 Å². The predicted octanol–water partition coefficient (Wildman–Crippen LogP) is -2.23. The Balaban J connectivity index is 0. The van der Waals surface area contributed by atoms with Crippen LogP contribution in [0.4, 0.5) is 0 Å². The largest absolute Gasteiger partial charge is 0.740 e. The summed E-state index contributed by atoms with van der Waals surface area (Å²) >= 11 is -2.68. The van der Waals surface area contributed by atoms with E-state index in [9.17, 15) is 0 Å². The second-order valence-electron chi connectivity index (χ2n) is 0.397. The van der Waals surface area contributed by atoms with Crippen LogP contribution in [0.25, 0.3) is 0 Å². The predicted molar refractivity (Wildman–Crippen MR) is 26.0 cm³/mol. The van der Waals surface area contributed by atoms with Crippen LogP contribution in [0.1, 0.15) is 0 Å². The molecule has 0 spiro atoms. The van der Waals surface area contributed by atoms with Crippen molar-refractivity contribution >= 4 is 35.2 Å². The molecule has 0 heterocycles. The first kappa shape index (κ1) is 10.2. The molecule has 0 saturated heterocycles. The first-order valence-corrected chi connectivity index (χ1v) is 1.97. The minimum atomic E-state index is -2.68. The van der Waals surface area contributed by atoms with Crippen molar-refractivity contribution in [3.8, 4) is 0 Å². The molecule has 0 aromatic carbocycles. The third-order valence-electron chi connectivity index (χ3n) is 0.118. The van der Waals surface area contributed by atoms with Crippen LogP contribution in [-0.2, 0) is 20.3 Å². The van der Waals surface area contributed by atoms with Gasteiger partial charge in [0, 0.05) is 0 Å². The lowest BCUT2D eigenvalue weighted by atomic mass is 11.7. The van der Waals surface area contributed by atoms with Crippen molar-refractivity contribution in [3.05, 3.63) is 0 Å². The Hall–Kier alpha value is 0.112. The summed E-state index contributed by atoms with van der Waals surface area (Å²) in [5.74, 6) is 0. The molecule has 0 aliphatic rings. The van der Waals surface area contributed by atoms with Crippen molar-refractivity contribution in [1.29, 1.82) is 0 Å². The average Bonchev–Trinajstić information content (AvgIpc) is 1.35. The zero-order valence-electron chi connectivity index (χ0n) is 2.62. The van der Waals surface area contributed by atoms with E-state index in [0.717, 1.165) is 0 Å². The van der Waals surface area contributed by atoms with Gasteiger partial charge in [0.25, 0.3) is 0 Å². The standard InChI is InChI=1S/CH2O4S.Al.3H/c2-1-5-6(3)4;;;;/h1H,(H,3,4);;;;/p-1. The number of hydrogen-bond donors (Lipinski definition) is 0. The SMILES string of the molecule is O=COS(=O)[O-].[AlH3]. The molecule has 42 valence electrons. The van der Waals surface area contributed by atoms with Gasteiger partial charge in [-0.3, -0.25) is 4.79 Å². The normalized spacial score (nSPS) is 11.0. The second kappa shape index (κ2) is 6.11.